The van der Waals surface area contributed by atoms with Gasteiger partial charge in [-0.3, -0.25) is 9.36 Å². The standard InChI is InChI=1S/C19H25F2N7/c1-6-27-12(3)14(9-22-27)11-26(5)19-24-16(8-17(25-19)18(20)21)15-10-23-28(7-2)13(15)4/h8-10,18H,6-7,11H2,1-5H3. The first-order valence-electron chi connectivity index (χ1n) is 9.28. The fraction of sp³-hybridized carbons (Fsp3) is 0.474. The summed E-state index contributed by atoms with van der Waals surface area (Å²) in [5.74, 6) is 0.250. The van der Waals surface area contributed by atoms with Crippen LogP contribution in [0.2, 0.25) is 0 Å². The molecule has 0 saturated heterocycles. The third-order valence-electron chi connectivity index (χ3n) is 4.89. The second-order valence-electron chi connectivity index (χ2n) is 6.67. The van der Waals surface area contributed by atoms with Gasteiger partial charge in [0, 0.05) is 49.2 Å². The van der Waals surface area contributed by atoms with Gasteiger partial charge in [0.25, 0.3) is 6.43 Å². The van der Waals surface area contributed by atoms with E-state index in [2.05, 4.69) is 20.2 Å². The van der Waals surface area contributed by atoms with E-state index in [4.69, 9.17) is 0 Å². The average Bonchev–Trinajstić information content (AvgIpc) is 3.23. The smallest absolute Gasteiger partial charge is 0.280 e. The maximum absolute atomic E-state index is 13.5. The van der Waals surface area contributed by atoms with Crippen LogP contribution in [-0.2, 0) is 19.6 Å². The maximum Gasteiger partial charge on any atom is 0.280 e. The molecule has 0 aliphatic rings. The molecule has 0 N–H and O–H groups in total. The lowest BCUT2D eigenvalue weighted by molar-refractivity contribution is 0.146. The van der Waals surface area contributed by atoms with Gasteiger partial charge in [-0.1, -0.05) is 0 Å². The summed E-state index contributed by atoms with van der Waals surface area (Å²) in [6.07, 6.45) is 0.776. The summed E-state index contributed by atoms with van der Waals surface area (Å²) in [6, 6.07) is 1.34. The molecule has 9 heteroatoms. The average molecular weight is 389 g/mol. The maximum atomic E-state index is 13.5. The number of rotatable bonds is 7. The van der Waals surface area contributed by atoms with E-state index in [1.54, 1.807) is 24.3 Å². The molecule has 0 amide bonds. The summed E-state index contributed by atoms with van der Waals surface area (Å²) in [6.45, 7) is 9.85. The fourth-order valence-electron chi connectivity index (χ4n) is 3.18. The van der Waals surface area contributed by atoms with Gasteiger partial charge >= 0.3 is 0 Å². The quantitative estimate of drug-likeness (QED) is 0.615. The van der Waals surface area contributed by atoms with Crippen molar-refractivity contribution in [2.45, 2.75) is 53.8 Å². The number of nitrogens with zero attached hydrogens (tertiary/aromatic N) is 7. The Balaban J connectivity index is 1.98. The van der Waals surface area contributed by atoms with Crippen LogP contribution < -0.4 is 4.90 Å². The second-order valence-corrected chi connectivity index (χ2v) is 6.67. The molecular formula is C19H25F2N7. The SMILES string of the molecule is CCn1ncc(CN(C)c2nc(-c3cnn(CC)c3C)cc(C(F)F)n2)c1C. The number of halogens is 2. The molecular weight excluding hydrogens is 364 g/mol. The lowest BCUT2D eigenvalue weighted by Gasteiger charge is -2.18. The number of aryl methyl sites for hydroxylation is 2. The Hall–Kier alpha value is -2.84. The lowest BCUT2D eigenvalue weighted by Crippen LogP contribution is -2.20. The highest BCUT2D eigenvalue weighted by Gasteiger charge is 2.19. The van der Waals surface area contributed by atoms with Crippen molar-refractivity contribution in [3.05, 3.63) is 41.1 Å². The predicted octanol–water partition coefficient (Wildman–Crippen LogP) is 3.77. The summed E-state index contributed by atoms with van der Waals surface area (Å²) < 4.78 is 30.7. The molecule has 150 valence electrons. The van der Waals surface area contributed by atoms with Gasteiger partial charge in [0.05, 0.1) is 18.1 Å². The first-order chi connectivity index (χ1) is 13.3. The third-order valence-corrected chi connectivity index (χ3v) is 4.89. The zero-order chi connectivity index (χ0) is 20.4. The molecule has 0 atom stereocenters. The monoisotopic (exact) mass is 389 g/mol. The van der Waals surface area contributed by atoms with E-state index >= 15 is 0 Å². The molecule has 3 rings (SSSR count). The van der Waals surface area contributed by atoms with Crippen LogP contribution in [0.3, 0.4) is 0 Å². The molecule has 0 saturated carbocycles. The Labute approximate surface area is 163 Å². The third kappa shape index (κ3) is 3.74. The van der Waals surface area contributed by atoms with Crippen molar-refractivity contribution in [3.8, 4) is 11.3 Å². The molecule has 3 aromatic heterocycles. The number of anilines is 1. The molecule has 0 aromatic carbocycles. The number of aromatic nitrogens is 6. The van der Waals surface area contributed by atoms with Crippen LogP contribution in [0, 0.1) is 13.8 Å². The first-order valence-corrected chi connectivity index (χ1v) is 9.28. The Bertz CT molecular complexity index is 961. The summed E-state index contributed by atoms with van der Waals surface area (Å²) >= 11 is 0. The summed E-state index contributed by atoms with van der Waals surface area (Å²) in [4.78, 5) is 10.4. The van der Waals surface area contributed by atoms with Crippen molar-refractivity contribution in [1.29, 1.82) is 0 Å². The van der Waals surface area contributed by atoms with Crippen molar-refractivity contribution in [1.82, 2.24) is 29.5 Å². The second kappa shape index (κ2) is 8.04. The van der Waals surface area contributed by atoms with Crippen LogP contribution in [0.4, 0.5) is 14.7 Å². The lowest BCUT2D eigenvalue weighted by atomic mass is 10.1. The highest BCUT2D eigenvalue weighted by Crippen LogP contribution is 2.28. The van der Waals surface area contributed by atoms with Gasteiger partial charge in [-0.05, 0) is 33.8 Å². The van der Waals surface area contributed by atoms with Crippen LogP contribution in [0.5, 0.6) is 0 Å². The Morgan fingerprint density at radius 1 is 1.00 bits per heavy atom. The van der Waals surface area contributed by atoms with Gasteiger partial charge in [0.15, 0.2) is 0 Å². The molecule has 3 aromatic rings. The number of alkyl halides is 2. The zero-order valence-corrected chi connectivity index (χ0v) is 16.8. The van der Waals surface area contributed by atoms with Gasteiger partial charge < -0.3 is 4.90 Å². The van der Waals surface area contributed by atoms with Crippen molar-refractivity contribution in [2.24, 2.45) is 0 Å². The molecule has 0 spiro atoms. The first kappa shape index (κ1) is 19.9. The van der Waals surface area contributed by atoms with Crippen molar-refractivity contribution in [3.63, 3.8) is 0 Å². The van der Waals surface area contributed by atoms with E-state index in [1.807, 2.05) is 37.1 Å². The topological polar surface area (TPSA) is 64.7 Å². The number of hydrogen-bond acceptors (Lipinski definition) is 5. The van der Waals surface area contributed by atoms with Crippen LogP contribution >= 0.6 is 0 Å². The number of hydrogen-bond donors (Lipinski definition) is 0. The molecule has 0 radical (unpaired) electrons. The largest absolute Gasteiger partial charge is 0.339 e. The fourth-order valence-corrected chi connectivity index (χ4v) is 3.18. The molecule has 3 heterocycles. The minimum atomic E-state index is -2.68. The molecule has 0 bridgehead atoms. The van der Waals surface area contributed by atoms with E-state index in [0.29, 0.717) is 18.8 Å². The normalized spacial score (nSPS) is 11.4. The van der Waals surface area contributed by atoms with E-state index in [9.17, 15) is 8.78 Å². The van der Waals surface area contributed by atoms with Gasteiger partial charge in [-0.25, -0.2) is 18.7 Å². The van der Waals surface area contributed by atoms with Crippen LogP contribution in [0.1, 0.15) is 42.9 Å². The molecule has 0 aliphatic carbocycles. The highest BCUT2D eigenvalue weighted by molar-refractivity contribution is 5.63. The van der Waals surface area contributed by atoms with Crippen LogP contribution in [-0.4, -0.2) is 36.6 Å². The Kier molecular flexibility index (Phi) is 5.71. The van der Waals surface area contributed by atoms with Gasteiger partial charge in [-0.2, -0.15) is 10.2 Å². The molecule has 7 nitrogen and oxygen atoms in total. The highest BCUT2D eigenvalue weighted by atomic mass is 19.3. The minimum Gasteiger partial charge on any atom is -0.339 e. The Morgan fingerprint density at radius 2 is 1.64 bits per heavy atom. The summed E-state index contributed by atoms with van der Waals surface area (Å²) in [7, 11) is 1.79. The van der Waals surface area contributed by atoms with Gasteiger partial charge in [-0.15, -0.1) is 0 Å². The predicted molar refractivity (Wildman–Crippen MR) is 103 cm³/mol. The summed E-state index contributed by atoms with van der Waals surface area (Å²) in [5, 5.41) is 8.63. The van der Waals surface area contributed by atoms with E-state index in [0.717, 1.165) is 29.1 Å². The van der Waals surface area contributed by atoms with Crippen LogP contribution in [0.15, 0.2) is 18.5 Å². The molecule has 0 aliphatic heterocycles. The van der Waals surface area contributed by atoms with Crippen molar-refractivity contribution >= 4 is 5.95 Å². The van der Waals surface area contributed by atoms with Gasteiger partial charge in [0.1, 0.15) is 5.69 Å². The molecule has 28 heavy (non-hydrogen) atoms. The Morgan fingerprint density at radius 3 is 2.21 bits per heavy atom. The van der Waals surface area contributed by atoms with Crippen molar-refractivity contribution < 1.29 is 8.78 Å². The van der Waals surface area contributed by atoms with E-state index < -0.39 is 6.43 Å². The minimum absolute atomic E-state index is 0.250. The molecule has 0 fully saturated rings. The van der Waals surface area contributed by atoms with Crippen LogP contribution in [0.25, 0.3) is 11.3 Å². The van der Waals surface area contributed by atoms with Gasteiger partial charge in [0.2, 0.25) is 5.95 Å². The zero-order valence-electron chi connectivity index (χ0n) is 16.8. The molecule has 0 unspecified atom stereocenters. The van der Waals surface area contributed by atoms with E-state index in [-0.39, 0.29) is 11.6 Å². The van der Waals surface area contributed by atoms with Crippen molar-refractivity contribution in [2.75, 3.05) is 11.9 Å². The summed E-state index contributed by atoms with van der Waals surface area (Å²) in [5.41, 5.74) is 3.82. The van der Waals surface area contributed by atoms with E-state index in [1.165, 1.54) is 6.07 Å².